The van der Waals surface area contributed by atoms with Crippen LogP contribution in [-0.2, 0) is 10.9 Å². The van der Waals surface area contributed by atoms with Crippen LogP contribution in [0.5, 0.6) is 0 Å². The maximum Gasteiger partial charge on any atom is 0.417 e. The van der Waals surface area contributed by atoms with Crippen LogP contribution in [0.2, 0.25) is 0 Å². The highest BCUT2D eigenvalue weighted by molar-refractivity contribution is 5.56. The summed E-state index contributed by atoms with van der Waals surface area (Å²) in [5.74, 6) is 0.750. The number of anilines is 1. The highest BCUT2D eigenvalue weighted by Crippen LogP contribution is 2.40. The molecule has 0 aromatic heterocycles. The van der Waals surface area contributed by atoms with E-state index in [4.69, 9.17) is 10.00 Å². The first-order valence-corrected chi connectivity index (χ1v) is 6.87. The van der Waals surface area contributed by atoms with Crippen LogP contribution in [0, 0.1) is 23.2 Å². The Hall–Kier alpha value is -1.74. The molecule has 112 valence electrons. The van der Waals surface area contributed by atoms with Gasteiger partial charge in [-0.3, -0.25) is 0 Å². The second-order valence-corrected chi connectivity index (χ2v) is 5.69. The number of hydrogen-bond acceptors (Lipinski definition) is 3. The van der Waals surface area contributed by atoms with Crippen LogP contribution in [0.4, 0.5) is 18.9 Å². The quantitative estimate of drug-likeness (QED) is 0.799. The van der Waals surface area contributed by atoms with Crippen LogP contribution in [-0.4, -0.2) is 25.8 Å². The van der Waals surface area contributed by atoms with Gasteiger partial charge in [0.1, 0.15) is 0 Å². The molecule has 0 radical (unpaired) electrons. The van der Waals surface area contributed by atoms with E-state index in [1.54, 1.807) is 12.1 Å². The molecular weight excluding hydrogens is 281 g/mol. The molecule has 6 heteroatoms. The summed E-state index contributed by atoms with van der Waals surface area (Å²) < 4.78 is 44.6. The minimum absolute atomic E-state index is 0.145. The first-order chi connectivity index (χ1) is 9.91. The molecule has 2 heterocycles. The summed E-state index contributed by atoms with van der Waals surface area (Å²) in [6, 6.07) is 5.71. The maximum atomic E-state index is 13.0. The van der Waals surface area contributed by atoms with Gasteiger partial charge in [0.2, 0.25) is 0 Å². The molecule has 1 aromatic rings. The monoisotopic (exact) mass is 296 g/mol. The molecule has 0 amide bonds. The van der Waals surface area contributed by atoms with Gasteiger partial charge in [0.25, 0.3) is 0 Å². The molecule has 3 rings (SSSR count). The number of hydrogen-bond donors (Lipinski definition) is 0. The Bertz CT molecular complexity index is 594. The lowest BCUT2D eigenvalue weighted by molar-refractivity contribution is -0.137. The fraction of sp³-hybridized carbons (Fsp3) is 0.533. The molecule has 2 aliphatic rings. The van der Waals surface area contributed by atoms with Crippen molar-refractivity contribution in [3.05, 3.63) is 29.3 Å². The summed E-state index contributed by atoms with van der Waals surface area (Å²) >= 11 is 0. The van der Waals surface area contributed by atoms with Crippen molar-refractivity contribution in [3.8, 4) is 6.07 Å². The van der Waals surface area contributed by atoms with Crippen molar-refractivity contribution in [3.63, 3.8) is 0 Å². The van der Waals surface area contributed by atoms with E-state index >= 15 is 0 Å². The molecular formula is C15H15F3N2O. The average molecular weight is 296 g/mol. The number of fused-ring (bicyclic) bond motifs is 1. The van der Waals surface area contributed by atoms with E-state index in [1.807, 2.05) is 11.8 Å². The Balaban J connectivity index is 1.95. The maximum absolute atomic E-state index is 13.0. The van der Waals surface area contributed by atoms with E-state index in [0.717, 1.165) is 6.07 Å². The standard InChI is InChI=1S/C15H15F3N2O/c1-9-13-8-21-7-11(13)6-20(9)12-3-2-10(5-19)14(4-12)15(16,17)18/h2-4,9,11,13H,6-8H2,1H3/t9-,11+,13+/m0/s1. The van der Waals surface area contributed by atoms with Gasteiger partial charge in [-0.05, 0) is 25.1 Å². The molecule has 0 bridgehead atoms. The third-order valence-electron chi connectivity index (χ3n) is 4.55. The normalized spacial score (nSPS) is 28.5. The Morgan fingerprint density at radius 2 is 2.10 bits per heavy atom. The highest BCUT2D eigenvalue weighted by atomic mass is 19.4. The zero-order valence-corrected chi connectivity index (χ0v) is 11.5. The average Bonchev–Trinajstić information content (AvgIpc) is 3.01. The summed E-state index contributed by atoms with van der Waals surface area (Å²) in [6.45, 7) is 4.07. The molecule has 21 heavy (non-hydrogen) atoms. The Labute approximate surface area is 120 Å². The Morgan fingerprint density at radius 3 is 2.71 bits per heavy atom. The number of halogens is 3. The second-order valence-electron chi connectivity index (χ2n) is 5.69. The van der Waals surface area contributed by atoms with Crippen molar-refractivity contribution < 1.29 is 17.9 Å². The smallest absolute Gasteiger partial charge is 0.381 e. The van der Waals surface area contributed by atoms with Crippen LogP contribution in [0.1, 0.15) is 18.1 Å². The van der Waals surface area contributed by atoms with Crippen molar-refractivity contribution in [2.24, 2.45) is 11.8 Å². The molecule has 3 nitrogen and oxygen atoms in total. The van der Waals surface area contributed by atoms with Gasteiger partial charge < -0.3 is 9.64 Å². The van der Waals surface area contributed by atoms with Crippen molar-refractivity contribution in [1.82, 2.24) is 0 Å². The third-order valence-corrected chi connectivity index (χ3v) is 4.55. The van der Waals surface area contributed by atoms with Gasteiger partial charge in [-0.1, -0.05) is 0 Å². The largest absolute Gasteiger partial charge is 0.417 e. The van der Waals surface area contributed by atoms with E-state index in [9.17, 15) is 13.2 Å². The van der Waals surface area contributed by atoms with Crippen LogP contribution in [0.3, 0.4) is 0 Å². The molecule has 3 atom stereocenters. The SMILES string of the molecule is C[C@H]1[C@H]2COC[C@H]2CN1c1ccc(C#N)c(C(F)(F)F)c1. The van der Waals surface area contributed by atoms with E-state index in [2.05, 4.69) is 0 Å². The van der Waals surface area contributed by atoms with Crippen LogP contribution in [0.25, 0.3) is 0 Å². The number of benzene rings is 1. The van der Waals surface area contributed by atoms with Crippen LogP contribution in [0.15, 0.2) is 18.2 Å². The van der Waals surface area contributed by atoms with Crippen molar-refractivity contribution >= 4 is 5.69 Å². The van der Waals surface area contributed by atoms with E-state index in [0.29, 0.717) is 37.3 Å². The molecule has 2 saturated heterocycles. The molecule has 0 saturated carbocycles. The molecule has 0 spiro atoms. The van der Waals surface area contributed by atoms with Crippen molar-refractivity contribution in [1.29, 1.82) is 5.26 Å². The van der Waals surface area contributed by atoms with Gasteiger partial charge in [0.15, 0.2) is 0 Å². The van der Waals surface area contributed by atoms with E-state index < -0.39 is 11.7 Å². The van der Waals surface area contributed by atoms with E-state index in [1.165, 1.54) is 6.07 Å². The van der Waals surface area contributed by atoms with Crippen molar-refractivity contribution in [2.75, 3.05) is 24.7 Å². The first-order valence-electron chi connectivity index (χ1n) is 6.87. The van der Waals surface area contributed by atoms with Gasteiger partial charge in [0, 0.05) is 30.1 Å². The van der Waals surface area contributed by atoms with Crippen LogP contribution >= 0.6 is 0 Å². The highest BCUT2D eigenvalue weighted by Gasteiger charge is 2.43. The number of rotatable bonds is 1. The zero-order chi connectivity index (χ0) is 15.2. The molecule has 0 unspecified atom stereocenters. The van der Waals surface area contributed by atoms with Gasteiger partial charge in [-0.25, -0.2) is 0 Å². The minimum atomic E-state index is -4.51. The zero-order valence-electron chi connectivity index (χ0n) is 11.5. The summed E-state index contributed by atoms with van der Waals surface area (Å²) in [7, 11) is 0. The predicted octanol–water partition coefficient (Wildman–Crippen LogP) is 3.05. The summed E-state index contributed by atoms with van der Waals surface area (Å²) in [5, 5.41) is 8.84. The van der Waals surface area contributed by atoms with Gasteiger partial charge in [-0.2, -0.15) is 18.4 Å². The van der Waals surface area contributed by atoms with E-state index in [-0.39, 0.29) is 11.6 Å². The van der Waals surface area contributed by atoms with Gasteiger partial charge in [0.05, 0.1) is 30.4 Å². The number of nitrogens with zero attached hydrogens (tertiary/aromatic N) is 2. The lowest BCUT2D eigenvalue weighted by Gasteiger charge is -2.27. The topological polar surface area (TPSA) is 36.3 Å². The summed E-state index contributed by atoms with van der Waals surface area (Å²) in [6.07, 6.45) is -4.51. The molecule has 1 aromatic carbocycles. The summed E-state index contributed by atoms with van der Waals surface area (Å²) in [4.78, 5) is 1.99. The molecule has 2 fully saturated rings. The number of nitriles is 1. The Kier molecular flexibility index (Phi) is 3.33. The summed E-state index contributed by atoms with van der Waals surface area (Å²) in [5.41, 5.74) is -0.659. The van der Waals surface area contributed by atoms with Crippen LogP contribution < -0.4 is 4.90 Å². The Morgan fingerprint density at radius 1 is 1.33 bits per heavy atom. The molecule has 0 N–H and O–H groups in total. The fourth-order valence-electron chi connectivity index (χ4n) is 3.37. The number of alkyl halides is 3. The molecule has 2 aliphatic heterocycles. The third kappa shape index (κ3) is 2.36. The first kappa shape index (κ1) is 14.2. The minimum Gasteiger partial charge on any atom is -0.381 e. The fourth-order valence-corrected chi connectivity index (χ4v) is 3.37. The second kappa shape index (κ2) is 4.92. The van der Waals surface area contributed by atoms with Gasteiger partial charge in [-0.15, -0.1) is 0 Å². The lowest BCUT2D eigenvalue weighted by Crippen LogP contribution is -2.31. The molecule has 0 aliphatic carbocycles. The number of ether oxygens (including phenoxy) is 1. The van der Waals surface area contributed by atoms with Crippen molar-refractivity contribution in [2.45, 2.75) is 19.1 Å². The van der Waals surface area contributed by atoms with Gasteiger partial charge >= 0.3 is 6.18 Å². The lowest BCUT2D eigenvalue weighted by atomic mass is 9.95. The predicted molar refractivity (Wildman–Crippen MR) is 70.8 cm³/mol.